The lowest BCUT2D eigenvalue weighted by Gasteiger charge is -2.09. The molecule has 1 aromatic carbocycles. The zero-order chi connectivity index (χ0) is 11.1. The zero-order valence-electron chi connectivity index (χ0n) is 9.39. The summed E-state index contributed by atoms with van der Waals surface area (Å²) < 4.78 is 4.55. The van der Waals surface area contributed by atoms with Gasteiger partial charge in [-0.25, -0.2) is 0 Å². The standard InChI is InChI=1S/C12H17NO2.ClH/c1-15-12(14)9-11(13)8-7-10-5-3-2-4-6-10;/h2-6,11H,7-9,13H2,1H3;1H. The summed E-state index contributed by atoms with van der Waals surface area (Å²) >= 11 is 0. The molecule has 0 heterocycles. The molecule has 4 heteroatoms. The van der Waals surface area contributed by atoms with E-state index in [1.807, 2.05) is 18.2 Å². The molecular weight excluding hydrogens is 226 g/mol. The van der Waals surface area contributed by atoms with E-state index < -0.39 is 0 Å². The second kappa shape index (κ2) is 8.13. The Hall–Kier alpha value is -1.06. The number of aryl methyl sites for hydroxylation is 1. The summed E-state index contributed by atoms with van der Waals surface area (Å²) in [5, 5.41) is 0. The van der Waals surface area contributed by atoms with Gasteiger partial charge in [-0.05, 0) is 18.4 Å². The molecule has 90 valence electrons. The van der Waals surface area contributed by atoms with E-state index in [0.717, 1.165) is 12.8 Å². The highest BCUT2D eigenvalue weighted by Crippen LogP contribution is 2.06. The third kappa shape index (κ3) is 5.73. The summed E-state index contributed by atoms with van der Waals surface area (Å²) in [6.07, 6.45) is 2.00. The van der Waals surface area contributed by atoms with Gasteiger partial charge in [-0.3, -0.25) is 4.79 Å². The van der Waals surface area contributed by atoms with Gasteiger partial charge in [0.2, 0.25) is 0 Å². The summed E-state index contributed by atoms with van der Waals surface area (Å²) in [7, 11) is 1.38. The van der Waals surface area contributed by atoms with Crippen LogP contribution in [0.5, 0.6) is 0 Å². The number of rotatable bonds is 5. The van der Waals surface area contributed by atoms with Gasteiger partial charge in [-0.15, -0.1) is 12.4 Å². The van der Waals surface area contributed by atoms with E-state index in [1.54, 1.807) is 0 Å². The summed E-state index contributed by atoms with van der Waals surface area (Å²) in [5.41, 5.74) is 7.05. The van der Waals surface area contributed by atoms with Crippen molar-refractivity contribution in [1.29, 1.82) is 0 Å². The van der Waals surface area contributed by atoms with Crippen LogP contribution in [0.15, 0.2) is 30.3 Å². The molecule has 0 bridgehead atoms. The summed E-state index contributed by atoms with van der Waals surface area (Å²) in [6.45, 7) is 0. The van der Waals surface area contributed by atoms with Crippen molar-refractivity contribution in [3.05, 3.63) is 35.9 Å². The third-order valence-electron chi connectivity index (χ3n) is 2.30. The van der Waals surface area contributed by atoms with Crippen molar-refractivity contribution >= 4 is 18.4 Å². The van der Waals surface area contributed by atoms with Crippen molar-refractivity contribution in [1.82, 2.24) is 0 Å². The second-order valence-corrected chi connectivity index (χ2v) is 3.56. The Bertz CT molecular complexity index is 303. The Balaban J connectivity index is 0.00000225. The smallest absolute Gasteiger partial charge is 0.307 e. The molecule has 0 aliphatic heterocycles. The maximum Gasteiger partial charge on any atom is 0.307 e. The fourth-order valence-electron chi connectivity index (χ4n) is 1.40. The minimum absolute atomic E-state index is 0. The number of ether oxygens (including phenoxy) is 1. The van der Waals surface area contributed by atoms with Crippen molar-refractivity contribution in [3.8, 4) is 0 Å². The molecule has 1 aromatic rings. The van der Waals surface area contributed by atoms with Crippen LogP contribution >= 0.6 is 12.4 Å². The number of halogens is 1. The van der Waals surface area contributed by atoms with Gasteiger partial charge in [-0.2, -0.15) is 0 Å². The summed E-state index contributed by atoms with van der Waals surface area (Å²) in [4.78, 5) is 10.9. The zero-order valence-corrected chi connectivity index (χ0v) is 10.2. The van der Waals surface area contributed by atoms with Gasteiger partial charge in [0.05, 0.1) is 13.5 Å². The molecule has 2 N–H and O–H groups in total. The first-order chi connectivity index (χ1) is 7.22. The van der Waals surface area contributed by atoms with Crippen molar-refractivity contribution in [2.24, 2.45) is 5.73 Å². The second-order valence-electron chi connectivity index (χ2n) is 3.56. The molecule has 0 radical (unpaired) electrons. The number of esters is 1. The van der Waals surface area contributed by atoms with Crippen molar-refractivity contribution < 1.29 is 9.53 Å². The van der Waals surface area contributed by atoms with Gasteiger partial charge in [0.1, 0.15) is 0 Å². The lowest BCUT2D eigenvalue weighted by Crippen LogP contribution is -2.25. The Labute approximate surface area is 102 Å². The first kappa shape index (κ1) is 14.9. The maximum atomic E-state index is 10.9. The molecule has 0 saturated heterocycles. The van der Waals surface area contributed by atoms with Crippen LogP contribution in [-0.4, -0.2) is 19.1 Å². The van der Waals surface area contributed by atoms with Gasteiger partial charge in [0.15, 0.2) is 0 Å². The van der Waals surface area contributed by atoms with E-state index in [-0.39, 0.29) is 24.4 Å². The van der Waals surface area contributed by atoms with Crippen LogP contribution in [0.3, 0.4) is 0 Å². The molecular formula is C12H18ClNO2. The van der Waals surface area contributed by atoms with Crippen LogP contribution in [0.4, 0.5) is 0 Å². The van der Waals surface area contributed by atoms with E-state index in [1.165, 1.54) is 12.7 Å². The normalized spacial score (nSPS) is 11.4. The van der Waals surface area contributed by atoms with Crippen LogP contribution in [0.25, 0.3) is 0 Å². The fourth-order valence-corrected chi connectivity index (χ4v) is 1.40. The SMILES string of the molecule is COC(=O)CC(N)CCc1ccccc1.Cl. The first-order valence-electron chi connectivity index (χ1n) is 5.08. The molecule has 1 unspecified atom stereocenters. The van der Waals surface area contributed by atoms with Crippen molar-refractivity contribution in [2.45, 2.75) is 25.3 Å². The van der Waals surface area contributed by atoms with Crippen LogP contribution in [0.1, 0.15) is 18.4 Å². The van der Waals surface area contributed by atoms with Gasteiger partial charge in [0.25, 0.3) is 0 Å². The Morgan fingerprint density at radius 1 is 1.38 bits per heavy atom. The minimum atomic E-state index is -0.240. The van der Waals surface area contributed by atoms with Crippen LogP contribution in [0.2, 0.25) is 0 Å². The number of carbonyl (C=O) groups excluding carboxylic acids is 1. The topological polar surface area (TPSA) is 52.3 Å². The predicted molar refractivity (Wildman–Crippen MR) is 66.6 cm³/mol. The van der Waals surface area contributed by atoms with Crippen molar-refractivity contribution in [2.75, 3.05) is 7.11 Å². The Kier molecular flexibility index (Phi) is 7.60. The number of hydrogen-bond donors (Lipinski definition) is 1. The molecule has 0 spiro atoms. The quantitative estimate of drug-likeness (QED) is 0.804. The van der Waals surface area contributed by atoms with Crippen LogP contribution in [0, 0.1) is 0 Å². The molecule has 16 heavy (non-hydrogen) atoms. The molecule has 0 saturated carbocycles. The minimum Gasteiger partial charge on any atom is -0.469 e. The third-order valence-corrected chi connectivity index (χ3v) is 2.30. The maximum absolute atomic E-state index is 10.9. The number of methoxy groups -OCH3 is 1. The van der Waals surface area contributed by atoms with Gasteiger partial charge in [-0.1, -0.05) is 30.3 Å². The fraction of sp³-hybridized carbons (Fsp3) is 0.417. The van der Waals surface area contributed by atoms with Gasteiger partial charge < -0.3 is 10.5 Å². The molecule has 0 amide bonds. The molecule has 0 aromatic heterocycles. The van der Waals surface area contributed by atoms with E-state index in [9.17, 15) is 4.79 Å². The summed E-state index contributed by atoms with van der Waals surface area (Å²) in [6, 6.07) is 9.99. The lowest BCUT2D eigenvalue weighted by molar-refractivity contribution is -0.141. The average Bonchev–Trinajstić information content (AvgIpc) is 2.27. The molecule has 0 aliphatic rings. The van der Waals surface area contributed by atoms with E-state index in [0.29, 0.717) is 6.42 Å². The highest BCUT2D eigenvalue weighted by Gasteiger charge is 2.09. The Morgan fingerprint density at radius 3 is 2.56 bits per heavy atom. The number of hydrogen-bond acceptors (Lipinski definition) is 3. The molecule has 0 aliphatic carbocycles. The lowest BCUT2D eigenvalue weighted by atomic mass is 10.0. The van der Waals surface area contributed by atoms with Gasteiger partial charge in [0, 0.05) is 6.04 Å². The molecule has 0 fully saturated rings. The molecule has 1 atom stereocenters. The Morgan fingerprint density at radius 2 is 2.00 bits per heavy atom. The summed E-state index contributed by atoms with van der Waals surface area (Å²) in [5.74, 6) is -0.240. The number of nitrogens with two attached hydrogens (primary N) is 1. The monoisotopic (exact) mass is 243 g/mol. The molecule has 1 rings (SSSR count). The van der Waals surface area contributed by atoms with Crippen molar-refractivity contribution in [3.63, 3.8) is 0 Å². The van der Waals surface area contributed by atoms with E-state index in [2.05, 4.69) is 16.9 Å². The first-order valence-corrected chi connectivity index (χ1v) is 5.08. The average molecular weight is 244 g/mol. The van der Waals surface area contributed by atoms with Gasteiger partial charge >= 0.3 is 5.97 Å². The number of benzene rings is 1. The largest absolute Gasteiger partial charge is 0.469 e. The van der Waals surface area contributed by atoms with E-state index >= 15 is 0 Å². The highest BCUT2D eigenvalue weighted by molar-refractivity contribution is 5.85. The van der Waals surface area contributed by atoms with Crippen LogP contribution < -0.4 is 5.73 Å². The van der Waals surface area contributed by atoms with E-state index in [4.69, 9.17) is 5.73 Å². The molecule has 3 nitrogen and oxygen atoms in total. The predicted octanol–water partition coefficient (Wildman–Crippen LogP) is 1.93. The highest BCUT2D eigenvalue weighted by atomic mass is 35.5. The number of carbonyl (C=O) groups is 1. The van der Waals surface area contributed by atoms with Crippen LogP contribution in [-0.2, 0) is 16.0 Å².